The average Bonchev–Trinajstić information content (AvgIpc) is 2.66. The highest BCUT2D eigenvalue weighted by atomic mass is 19.1. The van der Waals surface area contributed by atoms with E-state index in [1.165, 1.54) is 12.3 Å². The molecule has 6 nitrogen and oxygen atoms in total. The monoisotopic (exact) mass is 374 g/mol. The summed E-state index contributed by atoms with van der Waals surface area (Å²) in [5.74, 6) is -1.73. The van der Waals surface area contributed by atoms with Crippen LogP contribution in [0.15, 0.2) is 17.1 Å². The van der Waals surface area contributed by atoms with Crippen molar-refractivity contribution in [3.8, 4) is 0 Å². The molecule has 2 aliphatic rings. The van der Waals surface area contributed by atoms with Crippen LogP contribution in [0, 0.1) is 5.82 Å². The van der Waals surface area contributed by atoms with Crippen molar-refractivity contribution in [2.75, 3.05) is 25.1 Å². The molecule has 1 unspecified atom stereocenters. The fourth-order valence-corrected chi connectivity index (χ4v) is 4.44. The van der Waals surface area contributed by atoms with E-state index in [9.17, 15) is 14.7 Å². The van der Waals surface area contributed by atoms with E-state index in [0.717, 1.165) is 24.8 Å². The number of hydrogen-bond acceptors (Lipinski definition) is 4. The number of carbonyl (C=O) groups is 1. The lowest BCUT2D eigenvalue weighted by Gasteiger charge is -2.36. The van der Waals surface area contributed by atoms with E-state index in [0.29, 0.717) is 30.7 Å². The van der Waals surface area contributed by atoms with Gasteiger partial charge in [-0.05, 0) is 38.7 Å². The summed E-state index contributed by atoms with van der Waals surface area (Å²) in [5.41, 5.74) is 1.12. The lowest BCUT2D eigenvalue weighted by Crippen LogP contribution is -2.38. The van der Waals surface area contributed by atoms with Crippen LogP contribution in [0.2, 0.25) is 0 Å². The van der Waals surface area contributed by atoms with Crippen molar-refractivity contribution < 1.29 is 19.0 Å². The fraction of sp³-hybridized carbons (Fsp3) is 0.500. The second kappa shape index (κ2) is 6.64. The van der Waals surface area contributed by atoms with Gasteiger partial charge >= 0.3 is 5.97 Å². The van der Waals surface area contributed by atoms with Crippen LogP contribution in [-0.4, -0.2) is 41.9 Å². The van der Waals surface area contributed by atoms with E-state index in [1.54, 1.807) is 7.11 Å². The van der Waals surface area contributed by atoms with Gasteiger partial charge in [-0.15, -0.1) is 0 Å². The first-order valence-electron chi connectivity index (χ1n) is 9.33. The molecular formula is C20H23FN2O4. The first-order valence-corrected chi connectivity index (χ1v) is 9.33. The van der Waals surface area contributed by atoms with Gasteiger partial charge < -0.3 is 19.3 Å². The molecule has 0 amide bonds. The van der Waals surface area contributed by atoms with Gasteiger partial charge in [-0.25, -0.2) is 9.18 Å². The minimum Gasteiger partial charge on any atom is -0.477 e. The van der Waals surface area contributed by atoms with Crippen LogP contribution >= 0.6 is 0 Å². The molecule has 27 heavy (non-hydrogen) atoms. The van der Waals surface area contributed by atoms with Gasteiger partial charge in [0.1, 0.15) is 11.4 Å². The second-order valence-corrected chi connectivity index (χ2v) is 7.48. The highest BCUT2D eigenvalue weighted by molar-refractivity contribution is 5.95. The number of carboxylic acids is 1. The fourth-order valence-electron chi connectivity index (χ4n) is 4.44. The van der Waals surface area contributed by atoms with Crippen molar-refractivity contribution in [2.45, 2.75) is 44.8 Å². The molecule has 1 fully saturated rings. The van der Waals surface area contributed by atoms with Crippen LogP contribution < -0.4 is 10.3 Å². The van der Waals surface area contributed by atoms with Crippen LogP contribution in [-0.2, 0) is 11.2 Å². The Morgan fingerprint density at radius 1 is 1.30 bits per heavy atom. The minimum absolute atomic E-state index is 0.0521. The zero-order chi connectivity index (χ0) is 19.3. The van der Waals surface area contributed by atoms with Gasteiger partial charge in [-0.1, -0.05) is 0 Å². The summed E-state index contributed by atoms with van der Waals surface area (Å²) in [4.78, 5) is 26.2. The largest absolute Gasteiger partial charge is 0.477 e. The third-order valence-corrected chi connectivity index (χ3v) is 5.95. The van der Waals surface area contributed by atoms with E-state index in [-0.39, 0.29) is 23.1 Å². The number of carboxylic acid groups (broad SMARTS) is 1. The van der Waals surface area contributed by atoms with E-state index in [4.69, 9.17) is 4.74 Å². The zero-order valence-corrected chi connectivity index (χ0v) is 15.5. The SMILES string of the molecule is COC1CCN(c2c(F)cc3c(=O)c(C(=O)O)cn4c3c2CCC4C)CC1. The molecule has 2 aliphatic heterocycles. The standard InChI is InChI=1S/C20H23FN2O4/c1-11-3-4-13-17-14(19(24)15(20(25)26)10-23(11)17)9-16(21)18(13)22-7-5-12(27-2)6-8-22/h9-12H,3-8H2,1-2H3,(H,25,26). The molecule has 0 bridgehead atoms. The molecule has 2 aromatic rings. The maximum absolute atomic E-state index is 15.1. The van der Waals surface area contributed by atoms with Crippen LogP contribution in [0.1, 0.15) is 48.1 Å². The van der Waals surface area contributed by atoms with Crippen molar-refractivity contribution >= 4 is 22.6 Å². The topological polar surface area (TPSA) is 71.8 Å². The summed E-state index contributed by atoms with van der Waals surface area (Å²) in [6, 6.07) is 1.27. The minimum atomic E-state index is -1.28. The summed E-state index contributed by atoms with van der Waals surface area (Å²) in [6.45, 7) is 3.38. The molecule has 0 saturated carbocycles. The molecular weight excluding hydrogens is 351 g/mol. The quantitative estimate of drug-likeness (QED) is 0.894. The molecule has 0 aliphatic carbocycles. The van der Waals surface area contributed by atoms with Gasteiger partial charge in [0.05, 0.1) is 17.3 Å². The average molecular weight is 374 g/mol. The molecule has 0 spiro atoms. The Labute approximate surface area is 156 Å². The molecule has 0 radical (unpaired) electrons. The van der Waals surface area contributed by atoms with E-state index < -0.39 is 17.2 Å². The lowest BCUT2D eigenvalue weighted by molar-refractivity contribution is 0.0694. The number of methoxy groups -OCH3 is 1. The molecule has 1 atom stereocenters. The van der Waals surface area contributed by atoms with Crippen LogP contribution in [0.4, 0.5) is 10.1 Å². The van der Waals surface area contributed by atoms with Gasteiger partial charge in [0.25, 0.3) is 0 Å². The molecule has 1 aromatic heterocycles. The number of ether oxygens (including phenoxy) is 1. The maximum atomic E-state index is 15.1. The summed E-state index contributed by atoms with van der Waals surface area (Å²) in [6.07, 6.45) is 4.70. The summed E-state index contributed by atoms with van der Waals surface area (Å²) >= 11 is 0. The van der Waals surface area contributed by atoms with Gasteiger partial charge in [0.15, 0.2) is 0 Å². The Kier molecular flexibility index (Phi) is 4.42. The highest BCUT2D eigenvalue weighted by Gasteiger charge is 2.30. The molecule has 3 heterocycles. The Morgan fingerprint density at radius 2 is 2.00 bits per heavy atom. The van der Waals surface area contributed by atoms with Crippen molar-refractivity contribution in [3.63, 3.8) is 0 Å². The number of aryl methyl sites for hydroxylation is 1. The predicted molar refractivity (Wildman–Crippen MR) is 100 cm³/mol. The number of hydrogen-bond donors (Lipinski definition) is 1. The maximum Gasteiger partial charge on any atom is 0.341 e. The number of rotatable bonds is 3. The summed E-state index contributed by atoms with van der Waals surface area (Å²) in [5, 5.41) is 9.52. The Bertz CT molecular complexity index is 976. The molecule has 144 valence electrons. The van der Waals surface area contributed by atoms with Crippen LogP contribution in [0.3, 0.4) is 0 Å². The van der Waals surface area contributed by atoms with Gasteiger partial charge in [-0.2, -0.15) is 0 Å². The molecule has 7 heteroatoms. The van der Waals surface area contributed by atoms with Gasteiger partial charge in [0.2, 0.25) is 5.43 Å². The summed E-state index contributed by atoms with van der Waals surface area (Å²) < 4.78 is 22.4. The number of aromatic nitrogens is 1. The molecule has 1 N–H and O–H groups in total. The second-order valence-electron chi connectivity index (χ2n) is 7.48. The molecule has 1 saturated heterocycles. The molecule has 1 aromatic carbocycles. The first kappa shape index (κ1) is 18.0. The smallest absolute Gasteiger partial charge is 0.341 e. The number of piperidine rings is 1. The Hall–Kier alpha value is -2.41. The number of anilines is 1. The first-order chi connectivity index (χ1) is 12.9. The van der Waals surface area contributed by atoms with Crippen molar-refractivity contribution in [1.29, 1.82) is 0 Å². The van der Waals surface area contributed by atoms with E-state index in [2.05, 4.69) is 0 Å². The highest BCUT2D eigenvalue weighted by Crippen LogP contribution is 2.38. The predicted octanol–water partition coefficient (Wildman–Crippen LogP) is 2.96. The Balaban J connectivity index is 1.94. The Morgan fingerprint density at radius 3 is 2.63 bits per heavy atom. The zero-order valence-electron chi connectivity index (χ0n) is 15.5. The number of pyridine rings is 1. The number of benzene rings is 1. The third kappa shape index (κ3) is 2.81. The van der Waals surface area contributed by atoms with E-state index in [1.807, 2.05) is 16.4 Å². The lowest BCUT2D eigenvalue weighted by atomic mass is 9.93. The van der Waals surface area contributed by atoms with E-state index >= 15 is 4.39 Å². The van der Waals surface area contributed by atoms with Crippen LogP contribution in [0.5, 0.6) is 0 Å². The number of aromatic carboxylic acids is 1. The van der Waals surface area contributed by atoms with Crippen molar-refractivity contribution in [1.82, 2.24) is 4.57 Å². The normalized spacial score (nSPS) is 20.3. The van der Waals surface area contributed by atoms with Crippen molar-refractivity contribution in [2.24, 2.45) is 0 Å². The van der Waals surface area contributed by atoms with Crippen LogP contribution in [0.25, 0.3) is 10.9 Å². The van der Waals surface area contributed by atoms with Crippen molar-refractivity contribution in [3.05, 3.63) is 39.4 Å². The number of halogens is 1. The summed E-state index contributed by atoms with van der Waals surface area (Å²) in [7, 11) is 1.70. The van der Waals surface area contributed by atoms with Gasteiger partial charge in [0, 0.05) is 43.4 Å². The number of nitrogens with zero attached hydrogens (tertiary/aromatic N) is 2. The van der Waals surface area contributed by atoms with Gasteiger partial charge in [-0.3, -0.25) is 4.79 Å². The third-order valence-electron chi connectivity index (χ3n) is 5.95. The molecule has 4 rings (SSSR count).